The lowest BCUT2D eigenvalue weighted by molar-refractivity contribution is -0.0625. The van der Waals surface area contributed by atoms with Gasteiger partial charge >= 0.3 is 0 Å². The number of benzene rings is 2. The molecule has 3 unspecified atom stereocenters. The lowest BCUT2D eigenvalue weighted by Gasteiger charge is -2.36. The summed E-state index contributed by atoms with van der Waals surface area (Å²) in [6.45, 7) is 7.41. The minimum atomic E-state index is -2.50. The number of nitrogens with two attached hydrogens (primary N) is 3. The molecular weight excluding hydrogens is 809 g/mol. The Labute approximate surface area is 359 Å². The summed E-state index contributed by atoms with van der Waals surface area (Å²) in [5.41, 5.74) is 24.4. The summed E-state index contributed by atoms with van der Waals surface area (Å²) in [5, 5.41) is 0. The molecule has 11 nitrogen and oxygen atoms in total. The highest BCUT2D eigenvalue weighted by Gasteiger charge is 2.36. The van der Waals surface area contributed by atoms with E-state index < -0.39 is 5.92 Å². The van der Waals surface area contributed by atoms with Crippen LogP contribution < -0.4 is 21.9 Å². The standard InChI is InChI=1S/C17H23N3OS.C16H21N3OS.C10H15F2N3S/c18-10-16(17-11-19-13-22-17)20-8-6-15(7-9-20)21-12-14-4-2-1-3-5-14;17-10-15(16-11-18-12-21-16)19-8-6-14(7-9-19)20-13-4-2-1-3-5-13;11-10(12)1-3-15(4-2-10)8(5-13)9-6-14-7-16-9/h1-5,11,13,15-16H,6-10,12,18H2;1-5,11-12,14-15H,6-10,17H2;6-8H,1-5,13H2. The van der Waals surface area contributed by atoms with Gasteiger partial charge in [-0.2, -0.15) is 0 Å². The van der Waals surface area contributed by atoms with Crippen LogP contribution in [0, 0.1) is 0 Å². The van der Waals surface area contributed by atoms with E-state index >= 15 is 0 Å². The maximum atomic E-state index is 13.0. The predicted octanol–water partition coefficient (Wildman–Crippen LogP) is 7.38. The summed E-state index contributed by atoms with van der Waals surface area (Å²) in [6, 6.07) is 21.1. The van der Waals surface area contributed by atoms with Crippen LogP contribution in [0.15, 0.2) is 95.8 Å². The van der Waals surface area contributed by atoms with Gasteiger partial charge in [-0.05, 0) is 43.4 Å². The molecule has 0 radical (unpaired) electrons. The first-order valence-electron chi connectivity index (χ1n) is 20.6. The fourth-order valence-electron chi connectivity index (χ4n) is 7.81. The molecular formula is C43H59F2N9O2S3. The van der Waals surface area contributed by atoms with Crippen molar-refractivity contribution >= 4 is 34.0 Å². The van der Waals surface area contributed by atoms with Crippen LogP contribution in [0.3, 0.4) is 0 Å². The first kappa shape index (κ1) is 45.2. The number of thiazole rings is 3. The summed E-state index contributed by atoms with van der Waals surface area (Å²) in [5.74, 6) is -1.53. The average molecular weight is 868 g/mol. The van der Waals surface area contributed by atoms with Crippen molar-refractivity contribution in [2.75, 3.05) is 58.9 Å². The monoisotopic (exact) mass is 867 g/mol. The molecule has 6 heterocycles. The Morgan fingerprint density at radius 1 is 0.593 bits per heavy atom. The van der Waals surface area contributed by atoms with Crippen LogP contribution in [-0.2, 0) is 11.3 Å². The van der Waals surface area contributed by atoms with Crippen LogP contribution >= 0.6 is 34.0 Å². The Hall–Kier alpha value is -3.29. The third-order valence-electron chi connectivity index (χ3n) is 11.2. The van der Waals surface area contributed by atoms with Gasteiger partial charge in [-0.3, -0.25) is 29.7 Å². The number of ether oxygens (including phenoxy) is 2. The number of hydrogen-bond donors (Lipinski definition) is 3. The van der Waals surface area contributed by atoms with Gasteiger partial charge in [0.1, 0.15) is 11.9 Å². The van der Waals surface area contributed by atoms with E-state index in [0.717, 1.165) is 62.5 Å². The van der Waals surface area contributed by atoms with Crippen LogP contribution in [0.1, 0.15) is 76.8 Å². The van der Waals surface area contributed by atoms with Gasteiger partial charge in [-0.1, -0.05) is 48.5 Å². The minimum absolute atomic E-state index is 0.0450. The maximum Gasteiger partial charge on any atom is 0.250 e. The number of likely N-dealkylation sites (tertiary alicyclic amines) is 3. The summed E-state index contributed by atoms with van der Waals surface area (Å²) in [7, 11) is 0. The van der Waals surface area contributed by atoms with E-state index in [1.165, 1.54) is 26.7 Å². The first-order valence-corrected chi connectivity index (χ1v) is 23.2. The van der Waals surface area contributed by atoms with Crippen molar-refractivity contribution in [3.05, 3.63) is 116 Å². The molecule has 3 aliphatic heterocycles. The SMILES string of the molecule is NCC(c1cncs1)N1CCC(F)(F)CC1.NCC(c1cncs1)N1CCC(OCc2ccccc2)CC1.NCC(c1cncs1)N1CCC(Oc2ccccc2)CC1. The molecule has 3 fully saturated rings. The lowest BCUT2D eigenvalue weighted by atomic mass is 10.0. The predicted molar refractivity (Wildman–Crippen MR) is 235 cm³/mol. The van der Waals surface area contributed by atoms with Crippen molar-refractivity contribution in [1.82, 2.24) is 29.7 Å². The molecule has 5 aromatic rings. The fourth-order valence-corrected chi connectivity index (χ4v) is 10.1. The molecule has 2 aromatic carbocycles. The number of para-hydroxylation sites is 1. The number of nitrogens with zero attached hydrogens (tertiary/aromatic N) is 6. The van der Waals surface area contributed by atoms with Crippen molar-refractivity contribution in [3.63, 3.8) is 0 Å². The zero-order valence-corrected chi connectivity index (χ0v) is 36.1. The van der Waals surface area contributed by atoms with Gasteiger partial charge in [0.15, 0.2) is 0 Å². The molecule has 3 saturated heterocycles. The molecule has 0 bridgehead atoms. The van der Waals surface area contributed by atoms with Crippen LogP contribution in [0.5, 0.6) is 5.75 Å². The first-order chi connectivity index (χ1) is 28.9. The van der Waals surface area contributed by atoms with Gasteiger partial charge in [0, 0.05) is 105 Å². The van der Waals surface area contributed by atoms with E-state index in [1.54, 1.807) is 34.4 Å². The number of aromatic nitrogens is 3. The summed E-state index contributed by atoms with van der Waals surface area (Å²) in [6.07, 6.45) is 10.4. The molecule has 3 aromatic heterocycles. The zero-order chi connectivity index (χ0) is 41.3. The van der Waals surface area contributed by atoms with Crippen LogP contribution in [0.25, 0.3) is 0 Å². The molecule has 6 N–H and O–H groups in total. The van der Waals surface area contributed by atoms with E-state index in [9.17, 15) is 8.78 Å². The molecule has 0 spiro atoms. The Morgan fingerprint density at radius 3 is 1.41 bits per heavy atom. The highest BCUT2D eigenvalue weighted by atomic mass is 32.1. The zero-order valence-electron chi connectivity index (χ0n) is 33.7. The van der Waals surface area contributed by atoms with Gasteiger partial charge in [-0.15, -0.1) is 34.0 Å². The van der Waals surface area contributed by atoms with Gasteiger partial charge in [0.25, 0.3) is 5.92 Å². The molecule has 8 rings (SSSR count). The Morgan fingerprint density at radius 2 is 1.00 bits per heavy atom. The maximum absolute atomic E-state index is 13.0. The van der Waals surface area contributed by atoms with Crippen molar-refractivity contribution < 1.29 is 18.3 Å². The van der Waals surface area contributed by atoms with Gasteiger partial charge in [-0.25, -0.2) is 8.78 Å². The Bertz CT molecular complexity index is 1800. The molecule has 320 valence electrons. The largest absolute Gasteiger partial charge is 0.490 e. The number of rotatable bonds is 14. The molecule has 0 saturated carbocycles. The summed E-state index contributed by atoms with van der Waals surface area (Å²) >= 11 is 4.91. The van der Waals surface area contributed by atoms with E-state index in [4.69, 9.17) is 26.7 Å². The smallest absolute Gasteiger partial charge is 0.250 e. The van der Waals surface area contributed by atoms with Crippen molar-refractivity contribution in [1.29, 1.82) is 0 Å². The minimum Gasteiger partial charge on any atom is -0.490 e. The molecule has 16 heteroatoms. The van der Waals surface area contributed by atoms with E-state index in [1.807, 2.05) is 64.7 Å². The molecule has 3 atom stereocenters. The highest BCUT2D eigenvalue weighted by molar-refractivity contribution is 7.10. The fraction of sp³-hybridized carbons (Fsp3) is 0.512. The highest BCUT2D eigenvalue weighted by Crippen LogP contribution is 2.33. The second kappa shape index (κ2) is 23.6. The van der Waals surface area contributed by atoms with Crippen molar-refractivity contribution in [3.8, 4) is 5.75 Å². The number of halogens is 2. The molecule has 0 aliphatic carbocycles. The van der Waals surface area contributed by atoms with Gasteiger partial charge in [0.2, 0.25) is 0 Å². The third-order valence-corrected chi connectivity index (χ3v) is 13.8. The number of alkyl halides is 2. The molecule has 3 aliphatic rings. The lowest BCUT2D eigenvalue weighted by Crippen LogP contribution is -2.43. The topological polar surface area (TPSA) is 145 Å². The Kier molecular flexibility index (Phi) is 18.1. The number of hydrogen-bond acceptors (Lipinski definition) is 14. The average Bonchev–Trinajstić information content (AvgIpc) is 4.11. The normalized spacial score (nSPS) is 19.7. The third kappa shape index (κ3) is 13.9. The van der Waals surface area contributed by atoms with Gasteiger partial charge in [0.05, 0.1) is 47.4 Å². The van der Waals surface area contributed by atoms with Gasteiger partial charge < -0.3 is 26.7 Å². The van der Waals surface area contributed by atoms with Crippen LogP contribution in [0.2, 0.25) is 0 Å². The number of piperidine rings is 3. The van der Waals surface area contributed by atoms with E-state index in [2.05, 4.69) is 49.0 Å². The second-order valence-electron chi connectivity index (χ2n) is 15.1. The second-order valence-corrected chi connectivity index (χ2v) is 17.8. The Balaban J connectivity index is 0.000000151. The van der Waals surface area contributed by atoms with Crippen LogP contribution in [0.4, 0.5) is 8.78 Å². The molecule has 0 amide bonds. The summed E-state index contributed by atoms with van der Waals surface area (Å²) in [4.78, 5) is 22.9. The quantitative estimate of drug-likeness (QED) is 0.103. The van der Waals surface area contributed by atoms with Crippen molar-refractivity contribution in [2.24, 2.45) is 17.2 Å². The van der Waals surface area contributed by atoms with Crippen molar-refractivity contribution in [2.45, 2.75) is 81.4 Å². The summed E-state index contributed by atoms with van der Waals surface area (Å²) < 4.78 is 38.1. The van der Waals surface area contributed by atoms with E-state index in [-0.39, 0.29) is 18.9 Å². The van der Waals surface area contributed by atoms with E-state index in [0.29, 0.717) is 63.6 Å². The van der Waals surface area contributed by atoms with Crippen LogP contribution in [-0.4, -0.2) is 107 Å². The molecule has 59 heavy (non-hydrogen) atoms.